The van der Waals surface area contributed by atoms with E-state index in [0.29, 0.717) is 5.82 Å². The molecule has 3 heteroatoms. The van der Waals surface area contributed by atoms with Gasteiger partial charge in [-0.3, -0.25) is 0 Å². The molecule has 1 aromatic heterocycles. The molecule has 0 atom stereocenters. The number of rotatable bonds is 2. The lowest BCUT2D eigenvalue weighted by molar-refractivity contribution is 0.0267. The van der Waals surface area contributed by atoms with Gasteiger partial charge in [-0.1, -0.05) is 6.07 Å². The highest BCUT2D eigenvalue weighted by molar-refractivity contribution is 7.99. The van der Waals surface area contributed by atoms with Crippen LogP contribution in [0.5, 0.6) is 0 Å². The maximum atomic E-state index is 5.78. The van der Waals surface area contributed by atoms with Crippen LogP contribution in [0, 0.1) is 23.7 Å². The molecule has 0 aliphatic heterocycles. The first-order chi connectivity index (χ1) is 8.78. The molecule has 4 fully saturated rings. The van der Waals surface area contributed by atoms with Gasteiger partial charge in [-0.2, -0.15) is 0 Å². The molecule has 18 heavy (non-hydrogen) atoms. The molecule has 2 nitrogen and oxygen atoms in total. The molecule has 4 saturated carbocycles. The third-order valence-electron chi connectivity index (χ3n) is 5.14. The summed E-state index contributed by atoms with van der Waals surface area (Å²) in [4.78, 5) is 4.47. The van der Waals surface area contributed by atoms with Crippen molar-refractivity contribution in [1.29, 1.82) is 0 Å². The molecule has 0 radical (unpaired) electrons. The summed E-state index contributed by atoms with van der Waals surface area (Å²) < 4.78 is 0. The third-order valence-corrected chi connectivity index (χ3v) is 6.65. The number of nitrogen functional groups attached to an aromatic ring is 1. The van der Waals surface area contributed by atoms with E-state index in [1.807, 2.05) is 23.9 Å². The lowest BCUT2D eigenvalue weighted by Crippen LogP contribution is -2.46. The van der Waals surface area contributed by atoms with Gasteiger partial charge in [-0.25, -0.2) is 4.98 Å². The van der Waals surface area contributed by atoms with Gasteiger partial charge in [0.2, 0.25) is 0 Å². The number of pyridine rings is 1. The number of aromatic nitrogens is 1. The highest BCUT2D eigenvalue weighted by Crippen LogP contribution is 2.57. The standard InChI is InChI=1S/C15H20N2S/c16-13-2-1-3-14(17-13)18-15-11-5-9-4-10(7-11)8-12(15)6-9/h1-3,9-12,15H,4-8H2,(H2,16,17). The van der Waals surface area contributed by atoms with Crippen LogP contribution in [0.15, 0.2) is 23.2 Å². The van der Waals surface area contributed by atoms with Crippen LogP contribution in [0.4, 0.5) is 5.82 Å². The number of anilines is 1. The van der Waals surface area contributed by atoms with Gasteiger partial charge in [0.15, 0.2) is 0 Å². The van der Waals surface area contributed by atoms with Crippen molar-refractivity contribution >= 4 is 17.6 Å². The van der Waals surface area contributed by atoms with Crippen molar-refractivity contribution in [2.75, 3.05) is 5.73 Å². The first kappa shape index (κ1) is 11.2. The van der Waals surface area contributed by atoms with Crippen LogP contribution in [-0.2, 0) is 0 Å². The monoisotopic (exact) mass is 260 g/mol. The largest absolute Gasteiger partial charge is 0.384 e. The summed E-state index contributed by atoms with van der Waals surface area (Å²) in [6, 6.07) is 6.02. The summed E-state index contributed by atoms with van der Waals surface area (Å²) >= 11 is 2.00. The Morgan fingerprint density at radius 1 is 1.00 bits per heavy atom. The summed E-state index contributed by atoms with van der Waals surface area (Å²) in [5.41, 5.74) is 5.78. The Kier molecular flexibility index (Phi) is 2.58. The molecule has 2 N–H and O–H groups in total. The highest BCUT2D eigenvalue weighted by Gasteiger charge is 2.48. The van der Waals surface area contributed by atoms with Crippen LogP contribution in [0.2, 0.25) is 0 Å². The Morgan fingerprint density at radius 3 is 2.28 bits per heavy atom. The highest BCUT2D eigenvalue weighted by atomic mass is 32.2. The van der Waals surface area contributed by atoms with Crippen LogP contribution >= 0.6 is 11.8 Å². The van der Waals surface area contributed by atoms with Crippen LogP contribution < -0.4 is 5.73 Å². The molecule has 1 heterocycles. The number of hydrogen-bond donors (Lipinski definition) is 1. The predicted molar refractivity (Wildman–Crippen MR) is 75.3 cm³/mol. The first-order valence-corrected chi connectivity index (χ1v) is 8.05. The van der Waals surface area contributed by atoms with E-state index >= 15 is 0 Å². The Hall–Kier alpha value is -0.700. The lowest BCUT2D eigenvalue weighted by atomic mass is 9.56. The minimum absolute atomic E-state index is 0.656. The zero-order chi connectivity index (χ0) is 12.1. The van der Waals surface area contributed by atoms with Gasteiger partial charge in [0.1, 0.15) is 5.82 Å². The number of nitrogens with zero attached hydrogens (tertiary/aromatic N) is 1. The summed E-state index contributed by atoms with van der Waals surface area (Å²) in [6.45, 7) is 0. The van der Waals surface area contributed by atoms with E-state index in [1.165, 1.54) is 32.1 Å². The summed E-state index contributed by atoms with van der Waals surface area (Å²) in [5, 5.41) is 1.94. The van der Waals surface area contributed by atoms with Crippen molar-refractivity contribution in [3.05, 3.63) is 18.2 Å². The minimum Gasteiger partial charge on any atom is -0.384 e. The quantitative estimate of drug-likeness (QED) is 0.883. The Bertz CT molecular complexity index is 432. The van der Waals surface area contributed by atoms with Crippen LogP contribution in [0.1, 0.15) is 32.1 Å². The van der Waals surface area contributed by atoms with Crippen molar-refractivity contribution in [2.24, 2.45) is 23.7 Å². The van der Waals surface area contributed by atoms with Gasteiger partial charge in [-0.15, -0.1) is 11.8 Å². The molecule has 5 rings (SSSR count). The molecular formula is C15H20N2S. The SMILES string of the molecule is Nc1cccc(SC2C3CC4CC(C3)CC2C4)n1. The molecule has 0 saturated heterocycles. The second-order valence-corrected chi connectivity index (χ2v) is 7.61. The van der Waals surface area contributed by atoms with Gasteiger partial charge in [0.05, 0.1) is 5.03 Å². The zero-order valence-corrected chi connectivity index (χ0v) is 11.4. The minimum atomic E-state index is 0.656. The smallest absolute Gasteiger partial charge is 0.124 e. The van der Waals surface area contributed by atoms with Crippen molar-refractivity contribution in [3.8, 4) is 0 Å². The number of hydrogen-bond acceptors (Lipinski definition) is 3. The van der Waals surface area contributed by atoms with E-state index in [-0.39, 0.29) is 0 Å². The first-order valence-electron chi connectivity index (χ1n) is 7.17. The van der Waals surface area contributed by atoms with Gasteiger partial charge in [0.25, 0.3) is 0 Å². The fourth-order valence-corrected chi connectivity index (χ4v) is 6.13. The third kappa shape index (κ3) is 1.83. The van der Waals surface area contributed by atoms with E-state index in [4.69, 9.17) is 5.73 Å². The van der Waals surface area contributed by atoms with Crippen LogP contribution in [0.3, 0.4) is 0 Å². The molecule has 4 bridgehead atoms. The molecule has 0 spiro atoms. The van der Waals surface area contributed by atoms with E-state index in [2.05, 4.69) is 11.1 Å². The second kappa shape index (κ2) is 4.16. The fourth-order valence-electron chi connectivity index (χ4n) is 4.70. The lowest BCUT2D eigenvalue weighted by Gasteiger charge is -2.54. The summed E-state index contributed by atoms with van der Waals surface area (Å²) in [6.07, 6.45) is 7.45. The van der Waals surface area contributed by atoms with E-state index in [9.17, 15) is 0 Å². The van der Waals surface area contributed by atoms with Crippen molar-refractivity contribution in [3.63, 3.8) is 0 Å². The molecular weight excluding hydrogens is 240 g/mol. The summed E-state index contributed by atoms with van der Waals surface area (Å²) in [7, 11) is 0. The van der Waals surface area contributed by atoms with Gasteiger partial charge in [-0.05, 0) is 67.9 Å². The van der Waals surface area contributed by atoms with Crippen LogP contribution in [0.25, 0.3) is 0 Å². The Morgan fingerprint density at radius 2 is 1.67 bits per heavy atom. The average Bonchev–Trinajstić information content (AvgIpc) is 2.33. The maximum Gasteiger partial charge on any atom is 0.124 e. The van der Waals surface area contributed by atoms with Gasteiger partial charge >= 0.3 is 0 Å². The number of thioether (sulfide) groups is 1. The molecule has 96 valence electrons. The predicted octanol–water partition coefficient (Wildman–Crippen LogP) is 3.58. The van der Waals surface area contributed by atoms with Crippen molar-refractivity contribution < 1.29 is 0 Å². The van der Waals surface area contributed by atoms with E-state index in [0.717, 1.165) is 33.9 Å². The molecule has 1 aromatic rings. The van der Waals surface area contributed by atoms with Crippen LogP contribution in [-0.4, -0.2) is 10.2 Å². The van der Waals surface area contributed by atoms with Crippen molar-refractivity contribution in [1.82, 2.24) is 4.98 Å². The molecule has 4 aliphatic carbocycles. The zero-order valence-electron chi connectivity index (χ0n) is 10.6. The Balaban J connectivity index is 1.55. The second-order valence-electron chi connectivity index (χ2n) is 6.41. The van der Waals surface area contributed by atoms with E-state index in [1.54, 1.807) is 0 Å². The normalized spacial score (nSPS) is 41.2. The average molecular weight is 260 g/mol. The molecule has 4 aliphatic rings. The maximum absolute atomic E-state index is 5.78. The molecule has 0 amide bonds. The Labute approximate surface area is 113 Å². The van der Waals surface area contributed by atoms with Crippen molar-refractivity contribution in [2.45, 2.75) is 42.4 Å². The van der Waals surface area contributed by atoms with Gasteiger partial charge in [0, 0.05) is 5.25 Å². The molecule has 0 unspecified atom stereocenters. The van der Waals surface area contributed by atoms with Gasteiger partial charge < -0.3 is 5.73 Å². The van der Waals surface area contributed by atoms with E-state index < -0.39 is 0 Å². The summed E-state index contributed by atoms with van der Waals surface area (Å²) in [5.74, 6) is 4.67. The topological polar surface area (TPSA) is 38.9 Å². The number of nitrogens with two attached hydrogens (primary N) is 1. The fraction of sp³-hybridized carbons (Fsp3) is 0.667. The molecule has 0 aromatic carbocycles.